The number of hydrogen-bond donors (Lipinski definition) is 0. The summed E-state index contributed by atoms with van der Waals surface area (Å²) in [5, 5.41) is 0. The maximum atomic E-state index is 12.5. The molecule has 110 valence electrons. The summed E-state index contributed by atoms with van der Waals surface area (Å²) in [5.41, 5.74) is 5.30. The van der Waals surface area contributed by atoms with Gasteiger partial charge in [0.2, 0.25) is 0 Å². The van der Waals surface area contributed by atoms with Crippen LogP contribution in [0.2, 0.25) is 0 Å². The monoisotopic (exact) mass is 282 g/mol. The highest BCUT2D eigenvalue weighted by Crippen LogP contribution is 2.27. The van der Waals surface area contributed by atoms with Gasteiger partial charge < -0.3 is 4.74 Å². The number of benzene rings is 2. The molecule has 2 aromatic rings. The van der Waals surface area contributed by atoms with Crippen molar-refractivity contribution in [2.75, 3.05) is 7.11 Å². The predicted molar refractivity (Wildman–Crippen MR) is 86.3 cm³/mol. The summed E-state index contributed by atoms with van der Waals surface area (Å²) in [6, 6.07) is 12.2. The first-order chi connectivity index (χ1) is 10.0. The molecule has 0 unspecified atom stereocenters. The average molecular weight is 282 g/mol. The minimum atomic E-state index is 0.136. The molecule has 2 aromatic carbocycles. The van der Waals surface area contributed by atoms with E-state index in [1.807, 2.05) is 32.0 Å². The van der Waals surface area contributed by atoms with Crippen molar-refractivity contribution in [3.05, 3.63) is 64.2 Å². The molecule has 2 heteroatoms. The molecule has 0 aromatic heterocycles. The van der Waals surface area contributed by atoms with Gasteiger partial charge >= 0.3 is 0 Å². The zero-order valence-electron chi connectivity index (χ0n) is 13.2. The predicted octanol–water partition coefficient (Wildman–Crippen LogP) is 4.44. The lowest BCUT2D eigenvalue weighted by molar-refractivity contribution is 0.0979. The first-order valence-electron chi connectivity index (χ1n) is 7.26. The third-order valence-corrected chi connectivity index (χ3v) is 3.90. The maximum Gasteiger partial charge on any atom is 0.166 e. The Morgan fingerprint density at radius 1 is 1.10 bits per heavy atom. The first-order valence-corrected chi connectivity index (χ1v) is 7.26. The van der Waals surface area contributed by atoms with E-state index in [9.17, 15) is 4.79 Å². The summed E-state index contributed by atoms with van der Waals surface area (Å²) in [5.74, 6) is 0.848. The molecule has 0 saturated carbocycles. The minimum absolute atomic E-state index is 0.136. The van der Waals surface area contributed by atoms with Crippen molar-refractivity contribution in [2.45, 2.75) is 33.6 Å². The number of methoxy groups -OCH3 is 1. The lowest BCUT2D eigenvalue weighted by Gasteiger charge is -2.12. The van der Waals surface area contributed by atoms with E-state index in [1.165, 1.54) is 11.1 Å². The van der Waals surface area contributed by atoms with Crippen LogP contribution >= 0.6 is 0 Å². The van der Waals surface area contributed by atoms with Crippen LogP contribution in [0.1, 0.15) is 39.0 Å². The van der Waals surface area contributed by atoms with E-state index in [4.69, 9.17) is 4.74 Å². The Labute approximate surface area is 126 Å². The van der Waals surface area contributed by atoms with E-state index in [-0.39, 0.29) is 5.78 Å². The number of aryl methyl sites for hydroxylation is 3. The highest BCUT2D eigenvalue weighted by Gasteiger charge is 2.15. The molecule has 0 N–H and O–H groups in total. The van der Waals surface area contributed by atoms with Crippen LogP contribution in [-0.2, 0) is 6.42 Å². The van der Waals surface area contributed by atoms with Crippen molar-refractivity contribution in [3.63, 3.8) is 0 Å². The van der Waals surface area contributed by atoms with Gasteiger partial charge in [0.1, 0.15) is 5.75 Å². The highest BCUT2D eigenvalue weighted by atomic mass is 16.5. The Morgan fingerprint density at radius 2 is 1.86 bits per heavy atom. The SMILES string of the molecule is COc1c(C(=O)CCc2cccc(C)c2)ccc(C)c1C. The van der Waals surface area contributed by atoms with Crippen molar-refractivity contribution in [2.24, 2.45) is 0 Å². The quantitative estimate of drug-likeness (QED) is 0.758. The summed E-state index contributed by atoms with van der Waals surface area (Å²) in [7, 11) is 1.62. The van der Waals surface area contributed by atoms with Gasteiger partial charge in [0, 0.05) is 6.42 Å². The van der Waals surface area contributed by atoms with Crippen LogP contribution in [0.25, 0.3) is 0 Å². The molecule has 0 saturated heterocycles. The fourth-order valence-electron chi connectivity index (χ4n) is 2.53. The van der Waals surface area contributed by atoms with Crippen molar-refractivity contribution in [3.8, 4) is 5.75 Å². The number of carbonyl (C=O) groups is 1. The molecule has 21 heavy (non-hydrogen) atoms. The van der Waals surface area contributed by atoms with Crippen molar-refractivity contribution < 1.29 is 9.53 Å². The van der Waals surface area contributed by atoms with E-state index < -0.39 is 0 Å². The van der Waals surface area contributed by atoms with Crippen LogP contribution in [0.3, 0.4) is 0 Å². The molecule has 0 atom stereocenters. The van der Waals surface area contributed by atoms with E-state index >= 15 is 0 Å². The van der Waals surface area contributed by atoms with Gasteiger partial charge in [-0.1, -0.05) is 35.9 Å². The van der Waals surface area contributed by atoms with E-state index in [0.717, 1.165) is 17.5 Å². The van der Waals surface area contributed by atoms with Crippen LogP contribution in [-0.4, -0.2) is 12.9 Å². The third kappa shape index (κ3) is 3.52. The van der Waals surface area contributed by atoms with Gasteiger partial charge in [-0.2, -0.15) is 0 Å². The molecule has 0 bridgehead atoms. The number of carbonyl (C=O) groups excluding carboxylic acids is 1. The average Bonchev–Trinajstić information content (AvgIpc) is 2.47. The summed E-state index contributed by atoms with van der Waals surface area (Å²) >= 11 is 0. The Kier molecular flexibility index (Phi) is 4.79. The van der Waals surface area contributed by atoms with Crippen LogP contribution in [0, 0.1) is 20.8 Å². The molecule has 0 spiro atoms. The summed E-state index contributed by atoms with van der Waals surface area (Å²) in [6.07, 6.45) is 1.26. The largest absolute Gasteiger partial charge is 0.496 e. The first kappa shape index (κ1) is 15.3. The van der Waals surface area contributed by atoms with Crippen molar-refractivity contribution >= 4 is 5.78 Å². The summed E-state index contributed by atoms with van der Waals surface area (Å²) in [6.45, 7) is 6.09. The third-order valence-electron chi connectivity index (χ3n) is 3.90. The Bertz CT molecular complexity index is 657. The van der Waals surface area contributed by atoms with Gasteiger partial charge in [0.05, 0.1) is 12.7 Å². The molecule has 2 nitrogen and oxygen atoms in total. The zero-order valence-corrected chi connectivity index (χ0v) is 13.2. The summed E-state index contributed by atoms with van der Waals surface area (Å²) < 4.78 is 5.43. The standard InChI is InChI=1S/C19H22O2/c1-13-6-5-7-16(12-13)9-11-18(20)17-10-8-14(2)15(3)19(17)21-4/h5-8,10,12H,9,11H2,1-4H3. The molecule has 2 rings (SSSR count). The number of ether oxygens (including phenoxy) is 1. The van der Waals surface area contributed by atoms with Gasteiger partial charge in [0.15, 0.2) is 5.78 Å². The molecule has 0 fully saturated rings. The van der Waals surface area contributed by atoms with Crippen LogP contribution in [0.5, 0.6) is 5.75 Å². The molecule has 0 heterocycles. The molecular weight excluding hydrogens is 260 g/mol. The molecule has 0 aliphatic heterocycles. The Morgan fingerprint density at radius 3 is 2.52 bits per heavy atom. The molecule has 0 aliphatic carbocycles. The number of rotatable bonds is 5. The van der Waals surface area contributed by atoms with Crippen LogP contribution < -0.4 is 4.74 Å². The fourth-order valence-corrected chi connectivity index (χ4v) is 2.53. The number of Topliss-reactive ketones (excluding diaryl/α,β-unsaturated/α-hetero) is 1. The Balaban J connectivity index is 2.16. The van der Waals surface area contributed by atoms with Gasteiger partial charge in [-0.3, -0.25) is 4.79 Å². The fraction of sp³-hybridized carbons (Fsp3) is 0.316. The second kappa shape index (κ2) is 6.57. The maximum absolute atomic E-state index is 12.5. The van der Waals surface area contributed by atoms with Gasteiger partial charge in [0.25, 0.3) is 0 Å². The highest BCUT2D eigenvalue weighted by molar-refractivity contribution is 5.99. The lowest BCUT2D eigenvalue weighted by Crippen LogP contribution is -2.06. The van der Waals surface area contributed by atoms with Gasteiger partial charge in [-0.05, 0) is 49.9 Å². The lowest BCUT2D eigenvalue weighted by atomic mass is 9.97. The Hall–Kier alpha value is -2.09. The number of hydrogen-bond acceptors (Lipinski definition) is 2. The summed E-state index contributed by atoms with van der Waals surface area (Å²) in [4.78, 5) is 12.5. The number of ketones is 1. The van der Waals surface area contributed by atoms with Crippen molar-refractivity contribution in [1.82, 2.24) is 0 Å². The molecular formula is C19H22O2. The molecule has 0 radical (unpaired) electrons. The molecule has 0 aliphatic rings. The zero-order chi connectivity index (χ0) is 15.4. The second-order valence-electron chi connectivity index (χ2n) is 5.50. The van der Waals surface area contributed by atoms with E-state index in [0.29, 0.717) is 17.7 Å². The molecule has 0 amide bonds. The van der Waals surface area contributed by atoms with E-state index in [2.05, 4.69) is 25.1 Å². The van der Waals surface area contributed by atoms with E-state index in [1.54, 1.807) is 7.11 Å². The van der Waals surface area contributed by atoms with Gasteiger partial charge in [-0.25, -0.2) is 0 Å². The van der Waals surface area contributed by atoms with Crippen molar-refractivity contribution in [1.29, 1.82) is 0 Å². The minimum Gasteiger partial charge on any atom is -0.496 e. The van der Waals surface area contributed by atoms with Crippen LogP contribution in [0.15, 0.2) is 36.4 Å². The van der Waals surface area contributed by atoms with Crippen LogP contribution in [0.4, 0.5) is 0 Å². The topological polar surface area (TPSA) is 26.3 Å². The van der Waals surface area contributed by atoms with Gasteiger partial charge in [-0.15, -0.1) is 0 Å². The smallest absolute Gasteiger partial charge is 0.166 e. The normalized spacial score (nSPS) is 10.5. The second-order valence-corrected chi connectivity index (χ2v) is 5.50.